The van der Waals surface area contributed by atoms with Gasteiger partial charge in [0.25, 0.3) is 0 Å². The number of methoxy groups -OCH3 is 1. The Morgan fingerprint density at radius 3 is 2.00 bits per heavy atom. The van der Waals surface area contributed by atoms with E-state index in [0.29, 0.717) is 0 Å². The van der Waals surface area contributed by atoms with Crippen molar-refractivity contribution in [3.63, 3.8) is 0 Å². The molecule has 1 fully saturated rings. The first-order valence-electron chi connectivity index (χ1n) is 13.0. The summed E-state index contributed by atoms with van der Waals surface area (Å²) >= 11 is 0. The van der Waals surface area contributed by atoms with Gasteiger partial charge in [0.1, 0.15) is 17.9 Å². The summed E-state index contributed by atoms with van der Waals surface area (Å²) in [5, 5.41) is 2.44. The van der Waals surface area contributed by atoms with Gasteiger partial charge in [0.05, 0.1) is 12.7 Å². The molecule has 1 heterocycles. The highest BCUT2D eigenvalue weighted by Crippen LogP contribution is 2.48. The molecule has 14 nitrogen and oxygen atoms in total. The second kappa shape index (κ2) is 15.9. The summed E-state index contributed by atoms with van der Waals surface area (Å²) in [6.07, 6.45) is -11.3. The molecule has 0 bridgehead atoms. The van der Waals surface area contributed by atoms with Crippen molar-refractivity contribution in [1.29, 1.82) is 0 Å². The third-order valence-corrected chi connectivity index (χ3v) is 7.03. The standard InChI is InChI=1S/C26H37FNO13P/c1-14(2)35-25(32)15(3)28-42(33,40-19-11-9-8-10-12-19)41-26-24(38-18(6)31)23(37-17(5)30)22(36-16(4)29)21(39-26)20(27)13-34-7/h8-12,14-15,20-24,26H,13H2,1-7H3,(H,28,33)/t15-,20-,21+,22+,23-,24-,26?,42?/m0/s1. The second-order valence-electron chi connectivity index (χ2n) is 9.51. The molecule has 0 amide bonds. The number of carbonyl (C=O) groups excluding carboxylic acids is 4. The van der Waals surface area contributed by atoms with Gasteiger partial charge in [-0.2, -0.15) is 5.09 Å². The number of hydrogen-bond donors (Lipinski definition) is 1. The molecular weight excluding hydrogens is 584 g/mol. The predicted octanol–water partition coefficient (Wildman–Crippen LogP) is 2.62. The van der Waals surface area contributed by atoms with Gasteiger partial charge in [-0.25, -0.2) is 8.96 Å². The van der Waals surface area contributed by atoms with E-state index in [1.807, 2.05) is 0 Å². The van der Waals surface area contributed by atoms with E-state index in [-0.39, 0.29) is 5.75 Å². The van der Waals surface area contributed by atoms with Crippen molar-refractivity contribution in [2.45, 2.75) is 90.6 Å². The fraction of sp³-hybridized carbons (Fsp3) is 0.615. The zero-order valence-electron chi connectivity index (χ0n) is 24.3. The molecule has 1 aliphatic rings. The number of benzene rings is 1. The van der Waals surface area contributed by atoms with Gasteiger partial charge in [-0.3, -0.25) is 23.7 Å². The van der Waals surface area contributed by atoms with Crippen LogP contribution in [-0.4, -0.2) is 86.6 Å². The monoisotopic (exact) mass is 621 g/mol. The largest absolute Gasteiger partial charge is 0.462 e. The number of nitrogens with one attached hydrogen (secondary N) is 1. The van der Waals surface area contributed by atoms with Gasteiger partial charge >= 0.3 is 31.6 Å². The third kappa shape index (κ3) is 10.6. The summed E-state index contributed by atoms with van der Waals surface area (Å²) in [6.45, 7) is 7.06. The van der Waals surface area contributed by atoms with Crippen LogP contribution in [0.3, 0.4) is 0 Å². The van der Waals surface area contributed by atoms with Gasteiger partial charge in [0.2, 0.25) is 6.29 Å². The van der Waals surface area contributed by atoms with Gasteiger partial charge in [0, 0.05) is 27.9 Å². The van der Waals surface area contributed by atoms with Crippen LogP contribution in [0.15, 0.2) is 30.3 Å². The Hall–Kier alpha value is -3.10. The fourth-order valence-electron chi connectivity index (χ4n) is 3.89. The third-order valence-electron chi connectivity index (χ3n) is 5.39. The Morgan fingerprint density at radius 1 is 0.929 bits per heavy atom. The molecule has 0 radical (unpaired) electrons. The summed E-state index contributed by atoms with van der Waals surface area (Å²) in [4.78, 5) is 48.7. The molecule has 236 valence electrons. The molecule has 0 aliphatic carbocycles. The Kier molecular flexibility index (Phi) is 13.3. The molecular formula is C26H37FNO13P. The predicted molar refractivity (Wildman–Crippen MR) is 142 cm³/mol. The zero-order chi connectivity index (χ0) is 31.6. The molecule has 1 aromatic rings. The molecule has 1 aliphatic heterocycles. The highest BCUT2D eigenvalue weighted by Gasteiger charge is 2.56. The van der Waals surface area contributed by atoms with Crippen molar-refractivity contribution in [3.8, 4) is 5.75 Å². The quantitative estimate of drug-likeness (QED) is 0.183. The van der Waals surface area contributed by atoms with Crippen LogP contribution < -0.4 is 9.61 Å². The lowest BCUT2D eigenvalue weighted by Gasteiger charge is -2.45. The van der Waals surface area contributed by atoms with Crippen LogP contribution in [0, 0.1) is 0 Å². The molecule has 16 heteroatoms. The van der Waals surface area contributed by atoms with E-state index in [4.69, 9.17) is 37.5 Å². The molecule has 42 heavy (non-hydrogen) atoms. The topological polar surface area (TPSA) is 171 Å². The summed E-state index contributed by atoms with van der Waals surface area (Å²) in [6, 6.07) is 6.42. The molecule has 1 N–H and O–H groups in total. The Bertz CT molecular complexity index is 1120. The SMILES string of the molecule is COC[C@H](F)[C@H]1OC(OP(=O)(N[C@@H](C)C(=O)OC(C)C)Oc2ccccc2)[C@@H](OC(C)=O)[C@@H](OC(C)=O)[C@@H]1OC(C)=O. The first-order chi connectivity index (χ1) is 19.7. The van der Waals surface area contributed by atoms with Crippen molar-refractivity contribution in [3.05, 3.63) is 30.3 Å². The number of ether oxygens (including phenoxy) is 6. The molecule has 0 saturated carbocycles. The summed E-state index contributed by atoms with van der Waals surface area (Å²) in [5.41, 5.74) is 0. The zero-order valence-corrected chi connectivity index (χ0v) is 25.2. The van der Waals surface area contributed by atoms with Gasteiger partial charge in [0.15, 0.2) is 24.5 Å². The van der Waals surface area contributed by atoms with Crippen molar-refractivity contribution in [2.24, 2.45) is 0 Å². The van der Waals surface area contributed by atoms with Crippen molar-refractivity contribution >= 4 is 31.6 Å². The molecule has 1 saturated heterocycles. The van der Waals surface area contributed by atoms with E-state index in [9.17, 15) is 23.7 Å². The van der Waals surface area contributed by atoms with E-state index in [1.54, 1.807) is 32.0 Å². The van der Waals surface area contributed by atoms with Crippen LogP contribution in [0.1, 0.15) is 41.5 Å². The maximum absolute atomic E-state index is 15.4. The Morgan fingerprint density at radius 2 is 1.48 bits per heavy atom. The Balaban J connectivity index is 2.60. The first-order valence-corrected chi connectivity index (χ1v) is 14.5. The summed E-state index contributed by atoms with van der Waals surface area (Å²) < 4.78 is 72.5. The minimum absolute atomic E-state index is 0.0335. The molecule has 0 aromatic heterocycles. The van der Waals surface area contributed by atoms with Crippen molar-refractivity contribution in [1.82, 2.24) is 5.09 Å². The molecule has 2 rings (SSSR count). The summed E-state index contributed by atoms with van der Waals surface area (Å²) in [5.74, 6) is -3.51. The van der Waals surface area contributed by atoms with E-state index in [2.05, 4.69) is 5.09 Å². The minimum Gasteiger partial charge on any atom is -0.462 e. The number of rotatable bonds is 14. The summed E-state index contributed by atoms with van der Waals surface area (Å²) in [7, 11) is -3.49. The second-order valence-corrected chi connectivity index (χ2v) is 11.2. The van der Waals surface area contributed by atoms with E-state index in [1.165, 1.54) is 26.2 Å². The number of esters is 4. The lowest BCUT2D eigenvalue weighted by atomic mass is 9.95. The maximum atomic E-state index is 15.4. The van der Waals surface area contributed by atoms with Gasteiger partial charge in [-0.15, -0.1) is 0 Å². The van der Waals surface area contributed by atoms with Crippen LogP contribution in [0.4, 0.5) is 4.39 Å². The molecule has 8 atom stereocenters. The van der Waals surface area contributed by atoms with Gasteiger partial charge < -0.3 is 32.9 Å². The van der Waals surface area contributed by atoms with E-state index < -0.39 is 87.3 Å². The van der Waals surface area contributed by atoms with E-state index in [0.717, 1.165) is 20.8 Å². The highest BCUT2D eigenvalue weighted by atomic mass is 31.2. The van der Waals surface area contributed by atoms with Gasteiger partial charge in [-0.05, 0) is 32.9 Å². The molecule has 1 aromatic carbocycles. The lowest BCUT2D eigenvalue weighted by Crippen LogP contribution is -2.64. The fourth-order valence-corrected chi connectivity index (χ4v) is 5.47. The van der Waals surface area contributed by atoms with Crippen LogP contribution in [0.25, 0.3) is 0 Å². The lowest BCUT2D eigenvalue weighted by molar-refractivity contribution is -0.295. The number of alkyl halides is 1. The van der Waals surface area contributed by atoms with Crippen LogP contribution in [0.5, 0.6) is 5.75 Å². The number of halogens is 1. The van der Waals surface area contributed by atoms with E-state index >= 15 is 4.39 Å². The smallest absolute Gasteiger partial charge is 0.461 e. The van der Waals surface area contributed by atoms with Gasteiger partial charge in [-0.1, -0.05) is 18.2 Å². The maximum Gasteiger partial charge on any atom is 0.461 e. The number of para-hydroxylation sites is 1. The average Bonchev–Trinajstić information content (AvgIpc) is 2.86. The average molecular weight is 622 g/mol. The van der Waals surface area contributed by atoms with Crippen molar-refractivity contribution < 1.29 is 65.6 Å². The first kappa shape index (κ1) is 35.1. The number of hydrogen-bond acceptors (Lipinski definition) is 13. The van der Waals surface area contributed by atoms with Crippen LogP contribution >= 0.6 is 7.75 Å². The number of carbonyl (C=O) groups is 4. The minimum atomic E-state index is -4.69. The van der Waals surface area contributed by atoms with Crippen LogP contribution in [0.2, 0.25) is 0 Å². The van der Waals surface area contributed by atoms with Crippen LogP contribution in [-0.2, 0) is 56.7 Å². The highest BCUT2D eigenvalue weighted by molar-refractivity contribution is 7.52. The molecule has 2 unspecified atom stereocenters. The van der Waals surface area contributed by atoms with Crippen molar-refractivity contribution in [2.75, 3.05) is 13.7 Å². The molecule has 0 spiro atoms. The Labute approximate surface area is 243 Å². The normalized spacial score (nSPS) is 24.9.